The third-order valence-corrected chi connectivity index (χ3v) is 4.65. The Morgan fingerprint density at radius 1 is 1.00 bits per heavy atom. The number of hydrogen-bond acceptors (Lipinski definition) is 5. The largest absolute Gasteiger partial charge is 0.351 e. The van der Waals surface area contributed by atoms with E-state index in [1.54, 1.807) is 6.20 Å². The summed E-state index contributed by atoms with van der Waals surface area (Å²) < 4.78 is 0. The molecule has 0 bridgehead atoms. The van der Waals surface area contributed by atoms with Crippen molar-refractivity contribution in [2.24, 2.45) is 5.73 Å². The molecule has 1 saturated carbocycles. The number of nitrogens with one attached hydrogen (secondary N) is 1. The third-order valence-electron chi connectivity index (χ3n) is 4.65. The monoisotopic (exact) mass is 319 g/mol. The predicted molar refractivity (Wildman–Crippen MR) is 96.6 cm³/mol. The highest BCUT2D eigenvalue weighted by Gasteiger charge is 2.19. The van der Waals surface area contributed by atoms with Gasteiger partial charge in [-0.1, -0.05) is 18.2 Å². The van der Waals surface area contributed by atoms with Crippen LogP contribution in [0.2, 0.25) is 0 Å². The lowest BCUT2D eigenvalue weighted by Gasteiger charge is -2.26. The van der Waals surface area contributed by atoms with Crippen LogP contribution < -0.4 is 11.1 Å². The number of fused-ring (bicyclic) bond motifs is 1. The Bertz CT molecular complexity index is 840. The second kappa shape index (κ2) is 6.53. The van der Waals surface area contributed by atoms with Gasteiger partial charge >= 0.3 is 0 Å². The molecule has 1 fully saturated rings. The van der Waals surface area contributed by atoms with Crippen LogP contribution >= 0.6 is 0 Å². The van der Waals surface area contributed by atoms with Crippen LogP contribution in [-0.4, -0.2) is 27.0 Å². The van der Waals surface area contributed by atoms with Crippen LogP contribution in [0.5, 0.6) is 0 Å². The molecule has 0 spiro atoms. The van der Waals surface area contributed by atoms with Crippen molar-refractivity contribution in [3.8, 4) is 11.3 Å². The zero-order valence-electron chi connectivity index (χ0n) is 13.5. The summed E-state index contributed by atoms with van der Waals surface area (Å²) in [6, 6.07) is 12.9. The van der Waals surface area contributed by atoms with Crippen molar-refractivity contribution in [2.75, 3.05) is 5.32 Å². The maximum Gasteiger partial charge on any atom is 0.223 e. The Labute approximate surface area is 141 Å². The molecule has 1 aromatic carbocycles. The molecule has 2 aromatic heterocycles. The number of nitrogens with two attached hydrogens (primary N) is 1. The van der Waals surface area contributed by atoms with E-state index in [4.69, 9.17) is 5.73 Å². The fourth-order valence-electron chi connectivity index (χ4n) is 3.25. The lowest BCUT2D eigenvalue weighted by molar-refractivity contribution is 0.410. The second-order valence-electron chi connectivity index (χ2n) is 6.44. The van der Waals surface area contributed by atoms with Crippen molar-refractivity contribution in [3.05, 3.63) is 48.8 Å². The van der Waals surface area contributed by atoms with E-state index in [0.29, 0.717) is 18.0 Å². The van der Waals surface area contributed by atoms with Crippen LogP contribution in [0.3, 0.4) is 0 Å². The molecule has 2 heterocycles. The normalized spacial score (nSPS) is 20.9. The highest BCUT2D eigenvalue weighted by molar-refractivity contribution is 5.82. The molecule has 122 valence electrons. The summed E-state index contributed by atoms with van der Waals surface area (Å²) in [7, 11) is 0. The van der Waals surface area contributed by atoms with Gasteiger partial charge in [-0.3, -0.25) is 4.98 Å². The van der Waals surface area contributed by atoms with Crippen molar-refractivity contribution in [2.45, 2.75) is 37.8 Å². The maximum atomic E-state index is 5.97. The fraction of sp³-hybridized carbons (Fsp3) is 0.316. The first kappa shape index (κ1) is 15.0. The van der Waals surface area contributed by atoms with Gasteiger partial charge in [0.15, 0.2) is 0 Å². The van der Waals surface area contributed by atoms with Gasteiger partial charge in [-0.15, -0.1) is 0 Å². The lowest BCUT2D eigenvalue weighted by atomic mass is 9.92. The Balaban J connectivity index is 1.57. The summed E-state index contributed by atoms with van der Waals surface area (Å²) in [5.74, 6) is 0.682. The number of anilines is 1. The van der Waals surface area contributed by atoms with Crippen molar-refractivity contribution in [3.63, 3.8) is 0 Å². The number of aromatic nitrogens is 3. The Morgan fingerprint density at radius 3 is 2.71 bits per heavy atom. The highest BCUT2D eigenvalue weighted by Crippen LogP contribution is 2.23. The molecular formula is C19H21N5. The minimum atomic E-state index is 0.346. The third kappa shape index (κ3) is 3.21. The molecule has 5 heteroatoms. The number of benzene rings is 1. The molecule has 1 aliphatic rings. The maximum absolute atomic E-state index is 5.97. The van der Waals surface area contributed by atoms with Crippen LogP contribution in [0.4, 0.5) is 5.95 Å². The van der Waals surface area contributed by atoms with Crippen LogP contribution in [-0.2, 0) is 0 Å². The summed E-state index contributed by atoms with van der Waals surface area (Å²) in [5, 5.41) is 4.57. The zero-order chi connectivity index (χ0) is 16.4. The molecule has 0 atom stereocenters. The van der Waals surface area contributed by atoms with Gasteiger partial charge in [0.25, 0.3) is 0 Å². The van der Waals surface area contributed by atoms with E-state index in [0.717, 1.165) is 47.8 Å². The Kier molecular flexibility index (Phi) is 4.09. The van der Waals surface area contributed by atoms with Crippen molar-refractivity contribution in [1.29, 1.82) is 0 Å². The van der Waals surface area contributed by atoms with Gasteiger partial charge in [-0.05, 0) is 43.9 Å². The molecule has 1 aliphatic carbocycles. The van der Waals surface area contributed by atoms with Gasteiger partial charge in [-0.2, -0.15) is 0 Å². The highest BCUT2D eigenvalue weighted by atomic mass is 15.1. The van der Waals surface area contributed by atoms with E-state index < -0.39 is 0 Å². The minimum absolute atomic E-state index is 0.346. The molecule has 5 nitrogen and oxygen atoms in total. The molecule has 3 N–H and O–H groups in total. The molecule has 4 rings (SSSR count). The molecule has 3 aromatic rings. The topological polar surface area (TPSA) is 76.7 Å². The number of pyridine rings is 1. The zero-order valence-corrected chi connectivity index (χ0v) is 13.5. The van der Waals surface area contributed by atoms with Crippen LogP contribution in [0.15, 0.2) is 48.8 Å². The minimum Gasteiger partial charge on any atom is -0.351 e. The average Bonchev–Trinajstić information content (AvgIpc) is 2.63. The number of rotatable bonds is 3. The molecule has 0 unspecified atom stereocenters. The van der Waals surface area contributed by atoms with Gasteiger partial charge in [0.2, 0.25) is 5.95 Å². The lowest BCUT2D eigenvalue weighted by Crippen LogP contribution is -2.33. The quantitative estimate of drug-likeness (QED) is 0.774. The van der Waals surface area contributed by atoms with E-state index in [-0.39, 0.29) is 0 Å². The molecule has 0 aliphatic heterocycles. The number of nitrogens with zero attached hydrogens (tertiary/aromatic N) is 3. The SMILES string of the molecule is NC1CCC(Nc2nccc(-c3cnc4ccccc4c3)n2)CC1. The van der Waals surface area contributed by atoms with E-state index in [2.05, 4.69) is 32.4 Å². The van der Waals surface area contributed by atoms with E-state index in [1.807, 2.05) is 30.5 Å². The van der Waals surface area contributed by atoms with Gasteiger partial charge in [-0.25, -0.2) is 9.97 Å². The average molecular weight is 319 g/mol. The summed E-state index contributed by atoms with van der Waals surface area (Å²) in [6.45, 7) is 0. The van der Waals surface area contributed by atoms with Gasteiger partial charge < -0.3 is 11.1 Å². The van der Waals surface area contributed by atoms with Crippen molar-refractivity contribution in [1.82, 2.24) is 15.0 Å². The summed E-state index contributed by atoms with van der Waals surface area (Å²) in [5.41, 5.74) is 8.85. The number of para-hydroxylation sites is 1. The molecular weight excluding hydrogens is 298 g/mol. The van der Waals surface area contributed by atoms with Crippen LogP contribution in [0, 0.1) is 0 Å². The van der Waals surface area contributed by atoms with Crippen LogP contribution in [0.1, 0.15) is 25.7 Å². The van der Waals surface area contributed by atoms with Gasteiger partial charge in [0.1, 0.15) is 0 Å². The van der Waals surface area contributed by atoms with Gasteiger partial charge in [0, 0.05) is 35.4 Å². The molecule has 24 heavy (non-hydrogen) atoms. The first-order valence-corrected chi connectivity index (χ1v) is 8.48. The first-order chi connectivity index (χ1) is 11.8. The predicted octanol–water partition coefficient (Wildman–Crippen LogP) is 3.37. The first-order valence-electron chi connectivity index (χ1n) is 8.48. The van der Waals surface area contributed by atoms with E-state index >= 15 is 0 Å². The Morgan fingerprint density at radius 2 is 1.83 bits per heavy atom. The van der Waals surface area contributed by atoms with Crippen molar-refractivity contribution >= 4 is 16.9 Å². The Hall–Kier alpha value is -2.53. The molecule has 0 saturated heterocycles. The standard InChI is InChI=1S/C19H21N5/c20-15-5-7-16(8-6-15)23-19-21-10-9-18(24-19)14-11-13-3-1-2-4-17(13)22-12-14/h1-4,9-12,15-16H,5-8,20H2,(H,21,23,24). The fourth-order valence-corrected chi connectivity index (χ4v) is 3.25. The second-order valence-corrected chi connectivity index (χ2v) is 6.44. The smallest absolute Gasteiger partial charge is 0.223 e. The van der Waals surface area contributed by atoms with E-state index in [1.165, 1.54) is 0 Å². The van der Waals surface area contributed by atoms with E-state index in [9.17, 15) is 0 Å². The summed E-state index contributed by atoms with van der Waals surface area (Å²) >= 11 is 0. The molecule has 0 amide bonds. The van der Waals surface area contributed by atoms with Crippen LogP contribution in [0.25, 0.3) is 22.2 Å². The molecule has 0 radical (unpaired) electrons. The van der Waals surface area contributed by atoms with Gasteiger partial charge in [0.05, 0.1) is 11.2 Å². The summed E-state index contributed by atoms with van der Waals surface area (Å²) in [4.78, 5) is 13.6. The van der Waals surface area contributed by atoms with Crippen molar-refractivity contribution < 1.29 is 0 Å². The number of hydrogen-bond donors (Lipinski definition) is 2. The summed E-state index contributed by atoms with van der Waals surface area (Å²) in [6.07, 6.45) is 7.94.